The maximum Gasteiger partial charge on any atom is 0.103 e. The van der Waals surface area contributed by atoms with E-state index in [-0.39, 0.29) is 0 Å². The van der Waals surface area contributed by atoms with E-state index in [1.807, 2.05) is 19.2 Å². The summed E-state index contributed by atoms with van der Waals surface area (Å²) in [6.45, 7) is 1.97. The Labute approximate surface area is 93.5 Å². The lowest BCUT2D eigenvalue weighted by Gasteiger charge is -1.95. The number of fused-ring (bicyclic) bond motifs is 1. The third kappa shape index (κ3) is 1.50. The zero-order chi connectivity index (χ0) is 11.0. The summed E-state index contributed by atoms with van der Waals surface area (Å²) in [5, 5.41) is 1.28. The normalized spacial score (nSPS) is 11.1. The van der Waals surface area contributed by atoms with Gasteiger partial charge < -0.3 is 9.97 Å². The van der Waals surface area contributed by atoms with Crippen molar-refractivity contribution >= 4 is 10.9 Å². The van der Waals surface area contributed by atoms with Crippen LogP contribution in [0.25, 0.3) is 10.9 Å². The summed E-state index contributed by atoms with van der Waals surface area (Å²) >= 11 is 0. The molecule has 1 aromatic carbocycles. The van der Waals surface area contributed by atoms with Crippen LogP contribution >= 0.6 is 0 Å². The van der Waals surface area contributed by atoms with Crippen LogP contribution in [0.2, 0.25) is 0 Å². The van der Waals surface area contributed by atoms with Crippen molar-refractivity contribution in [1.82, 2.24) is 15.0 Å². The van der Waals surface area contributed by atoms with Gasteiger partial charge >= 0.3 is 0 Å². The van der Waals surface area contributed by atoms with Gasteiger partial charge in [-0.25, -0.2) is 4.98 Å². The second-order valence-corrected chi connectivity index (χ2v) is 4.01. The number of hydrogen-bond acceptors (Lipinski definition) is 1. The van der Waals surface area contributed by atoms with Gasteiger partial charge in [0.1, 0.15) is 5.82 Å². The van der Waals surface area contributed by atoms with Crippen molar-refractivity contribution in [3.63, 3.8) is 0 Å². The van der Waals surface area contributed by atoms with E-state index in [1.165, 1.54) is 16.5 Å². The molecule has 3 nitrogen and oxygen atoms in total. The number of para-hydroxylation sites is 1. The molecule has 0 unspecified atom stereocenters. The van der Waals surface area contributed by atoms with Crippen LogP contribution in [-0.4, -0.2) is 15.0 Å². The molecule has 0 saturated carbocycles. The third-order valence-electron chi connectivity index (χ3n) is 2.81. The highest BCUT2D eigenvalue weighted by Crippen LogP contribution is 2.19. The summed E-state index contributed by atoms with van der Waals surface area (Å²) in [5.41, 5.74) is 3.56. The van der Waals surface area contributed by atoms with Crippen LogP contribution in [0.3, 0.4) is 0 Å². The fourth-order valence-corrected chi connectivity index (χ4v) is 2.03. The van der Waals surface area contributed by atoms with Crippen molar-refractivity contribution in [1.29, 1.82) is 0 Å². The molecule has 16 heavy (non-hydrogen) atoms. The molecule has 0 fully saturated rings. The number of aromatic nitrogens is 3. The molecule has 2 aromatic heterocycles. The predicted octanol–water partition coefficient (Wildman–Crippen LogP) is 2.79. The summed E-state index contributed by atoms with van der Waals surface area (Å²) in [6, 6.07) is 8.34. The van der Waals surface area contributed by atoms with Crippen LogP contribution in [0.1, 0.15) is 17.1 Å². The topological polar surface area (TPSA) is 44.5 Å². The van der Waals surface area contributed by atoms with E-state index in [4.69, 9.17) is 0 Å². The van der Waals surface area contributed by atoms with Crippen molar-refractivity contribution in [2.45, 2.75) is 13.3 Å². The average molecular weight is 211 g/mol. The minimum absolute atomic E-state index is 0.869. The highest BCUT2D eigenvalue weighted by molar-refractivity contribution is 5.83. The number of benzene rings is 1. The minimum atomic E-state index is 0.869. The number of rotatable bonds is 2. The van der Waals surface area contributed by atoms with Crippen LogP contribution < -0.4 is 0 Å². The molecular formula is C13H13N3. The molecule has 0 aliphatic carbocycles. The van der Waals surface area contributed by atoms with Gasteiger partial charge in [0.15, 0.2) is 0 Å². The maximum absolute atomic E-state index is 4.42. The van der Waals surface area contributed by atoms with Gasteiger partial charge in [0.05, 0.1) is 5.69 Å². The third-order valence-corrected chi connectivity index (χ3v) is 2.81. The zero-order valence-corrected chi connectivity index (χ0v) is 9.12. The Morgan fingerprint density at radius 2 is 2.00 bits per heavy atom. The first-order chi connectivity index (χ1) is 7.83. The lowest BCUT2D eigenvalue weighted by molar-refractivity contribution is 1.08. The van der Waals surface area contributed by atoms with Crippen molar-refractivity contribution < 1.29 is 0 Å². The second kappa shape index (κ2) is 3.52. The van der Waals surface area contributed by atoms with Gasteiger partial charge in [-0.1, -0.05) is 18.2 Å². The van der Waals surface area contributed by atoms with Gasteiger partial charge in [0, 0.05) is 29.7 Å². The molecule has 3 heteroatoms. The fourth-order valence-electron chi connectivity index (χ4n) is 2.03. The van der Waals surface area contributed by atoms with E-state index in [2.05, 4.69) is 39.3 Å². The van der Waals surface area contributed by atoms with Gasteiger partial charge in [-0.3, -0.25) is 0 Å². The van der Waals surface area contributed by atoms with Crippen LogP contribution in [0.4, 0.5) is 0 Å². The van der Waals surface area contributed by atoms with Crippen molar-refractivity contribution in [2.24, 2.45) is 0 Å². The van der Waals surface area contributed by atoms with Gasteiger partial charge in [-0.2, -0.15) is 0 Å². The lowest BCUT2D eigenvalue weighted by atomic mass is 10.1. The Balaban J connectivity index is 2.00. The van der Waals surface area contributed by atoms with Gasteiger partial charge in [-0.05, 0) is 18.6 Å². The largest absolute Gasteiger partial charge is 0.361 e. The molecule has 0 atom stereocenters. The second-order valence-electron chi connectivity index (χ2n) is 4.01. The first-order valence-corrected chi connectivity index (χ1v) is 5.39. The van der Waals surface area contributed by atoms with Gasteiger partial charge in [0.25, 0.3) is 0 Å². The van der Waals surface area contributed by atoms with Crippen LogP contribution in [0, 0.1) is 6.92 Å². The smallest absolute Gasteiger partial charge is 0.103 e. The molecule has 0 spiro atoms. The fraction of sp³-hybridized carbons (Fsp3) is 0.154. The van der Waals surface area contributed by atoms with E-state index in [0.29, 0.717) is 0 Å². The first-order valence-electron chi connectivity index (χ1n) is 5.39. The average Bonchev–Trinajstić information content (AvgIpc) is 2.87. The summed E-state index contributed by atoms with van der Waals surface area (Å²) in [7, 11) is 0. The SMILES string of the molecule is Cc1nc(Cc2c[nH]c3ccccc23)c[nH]1. The van der Waals surface area contributed by atoms with E-state index in [1.54, 1.807) is 0 Å². The van der Waals surface area contributed by atoms with Crippen molar-refractivity contribution in [2.75, 3.05) is 0 Å². The van der Waals surface area contributed by atoms with Crippen molar-refractivity contribution in [3.8, 4) is 0 Å². The highest BCUT2D eigenvalue weighted by Gasteiger charge is 2.05. The number of nitrogens with zero attached hydrogens (tertiary/aromatic N) is 1. The molecule has 0 aliphatic heterocycles. The Morgan fingerprint density at radius 3 is 2.81 bits per heavy atom. The molecule has 0 radical (unpaired) electrons. The Hall–Kier alpha value is -2.03. The van der Waals surface area contributed by atoms with Crippen LogP contribution in [0.15, 0.2) is 36.7 Å². The molecule has 0 aliphatic rings. The van der Waals surface area contributed by atoms with E-state index in [0.717, 1.165) is 17.9 Å². The van der Waals surface area contributed by atoms with Gasteiger partial charge in [0.2, 0.25) is 0 Å². The Morgan fingerprint density at radius 1 is 1.12 bits per heavy atom. The Kier molecular flexibility index (Phi) is 2.03. The molecule has 80 valence electrons. The number of aromatic amines is 2. The summed E-state index contributed by atoms with van der Waals surface area (Å²) in [4.78, 5) is 10.8. The standard InChI is InChI=1S/C13H13N3/c1-9-14-8-11(16-9)6-10-7-15-13-5-3-2-4-12(10)13/h2-5,7-8,15H,6H2,1H3,(H,14,16). The highest BCUT2D eigenvalue weighted by atomic mass is 14.9. The number of H-pyrrole nitrogens is 2. The predicted molar refractivity (Wildman–Crippen MR) is 64.4 cm³/mol. The Bertz CT molecular complexity index is 619. The van der Waals surface area contributed by atoms with Crippen molar-refractivity contribution in [3.05, 3.63) is 53.7 Å². The quantitative estimate of drug-likeness (QED) is 0.672. The van der Waals surface area contributed by atoms with E-state index < -0.39 is 0 Å². The number of nitrogens with one attached hydrogen (secondary N) is 2. The molecule has 3 aromatic rings. The molecular weight excluding hydrogens is 198 g/mol. The summed E-state index contributed by atoms with van der Waals surface area (Å²) < 4.78 is 0. The molecule has 3 rings (SSSR count). The van der Waals surface area contributed by atoms with Crippen LogP contribution in [-0.2, 0) is 6.42 Å². The lowest BCUT2D eigenvalue weighted by Crippen LogP contribution is -1.86. The van der Waals surface area contributed by atoms with E-state index >= 15 is 0 Å². The van der Waals surface area contributed by atoms with Gasteiger partial charge in [-0.15, -0.1) is 0 Å². The monoisotopic (exact) mass is 211 g/mol. The first kappa shape index (κ1) is 9.21. The number of hydrogen-bond donors (Lipinski definition) is 2. The maximum atomic E-state index is 4.42. The summed E-state index contributed by atoms with van der Waals surface area (Å²) in [5.74, 6) is 0.967. The molecule has 0 saturated heterocycles. The zero-order valence-electron chi connectivity index (χ0n) is 9.12. The number of aryl methyl sites for hydroxylation is 1. The molecule has 2 heterocycles. The van der Waals surface area contributed by atoms with Crippen LogP contribution in [0.5, 0.6) is 0 Å². The molecule has 0 bridgehead atoms. The summed E-state index contributed by atoms with van der Waals surface area (Å²) in [6.07, 6.45) is 4.90. The minimum Gasteiger partial charge on any atom is -0.361 e. The molecule has 2 N–H and O–H groups in total. The molecule has 0 amide bonds. The van der Waals surface area contributed by atoms with E-state index in [9.17, 15) is 0 Å². The number of imidazole rings is 1.